The Kier molecular flexibility index (Phi) is 6.81. The summed E-state index contributed by atoms with van der Waals surface area (Å²) in [6.45, 7) is 2.17. The third kappa shape index (κ3) is 4.84. The second-order valence-corrected chi connectivity index (χ2v) is 8.04. The van der Waals surface area contributed by atoms with Crippen molar-refractivity contribution >= 4 is 29.3 Å². The van der Waals surface area contributed by atoms with Crippen LogP contribution < -0.4 is 0 Å². The third-order valence-corrected chi connectivity index (χ3v) is 6.25. The Balaban J connectivity index is 1.76. The van der Waals surface area contributed by atoms with Gasteiger partial charge in [0.2, 0.25) is 0 Å². The minimum absolute atomic E-state index is 0.115. The van der Waals surface area contributed by atoms with Crippen LogP contribution in [0.25, 0.3) is 0 Å². The van der Waals surface area contributed by atoms with E-state index in [1.54, 1.807) is 30.8 Å². The Morgan fingerprint density at radius 1 is 1.52 bits per heavy atom. The molecule has 27 heavy (non-hydrogen) atoms. The average molecular weight is 417 g/mol. The fourth-order valence-corrected chi connectivity index (χ4v) is 4.75. The fourth-order valence-electron chi connectivity index (χ4n) is 3.18. The maximum atomic E-state index is 13.2. The molecule has 0 bridgehead atoms. The van der Waals surface area contributed by atoms with E-state index in [1.165, 1.54) is 12.1 Å². The van der Waals surface area contributed by atoms with Crippen LogP contribution in [0.15, 0.2) is 29.8 Å². The van der Waals surface area contributed by atoms with Gasteiger partial charge in [0.1, 0.15) is 11.9 Å². The average Bonchev–Trinajstić information content (AvgIpc) is 3.05. The molecule has 1 aromatic carbocycles. The first kappa shape index (κ1) is 20.6. The fraction of sp³-hybridized carbons (Fsp3) is 0.526. The lowest BCUT2D eigenvalue weighted by molar-refractivity contribution is -0.148. The lowest BCUT2D eigenvalue weighted by Gasteiger charge is -2.33. The Bertz CT molecular complexity index is 728. The zero-order valence-corrected chi connectivity index (χ0v) is 16.5. The van der Waals surface area contributed by atoms with Crippen molar-refractivity contribution in [2.45, 2.75) is 42.7 Å². The van der Waals surface area contributed by atoms with Crippen LogP contribution >= 0.6 is 23.4 Å². The second kappa shape index (κ2) is 8.92. The molecule has 1 heterocycles. The minimum atomic E-state index is -0.986. The normalized spacial score (nSPS) is 27.6. The molecule has 0 radical (unpaired) electrons. The third-order valence-electron chi connectivity index (χ3n) is 4.53. The van der Waals surface area contributed by atoms with Crippen molar-refractivity contribution in [3.8, 4) is 0 Å². The molecule has 0 amide bonds. The predicted octanol–water partition coefficient (Wildman–Crippen LogP) is 3.47. The summed E-state index contributed by atoms with van der Waals surface area (Å²) in [5, 5.41) is 9.54. The summed E-state index contributed by atoms with van der Waals surface area (Å²) in [5.74, 6) is -1.23. The molecule has 1 N–H and O–H groups in total. The number of carbonyl (C=O) groups is 1. The molecular weight excluding hydrogens is 395 g/mol. The molecule has 1 spiro atoms. The van der Waals surface area contributed by atoms with Gasteiger partial charge in [-0.15, -0.1) is 11.8 Å². The molecule has 1 fully saturated rings. The predicted molar refractivity (Wildman–Crippen MR) is 101 cm³/mol. The number of carbonyl (C=O) groups excluding carboxylic acids is 1. The monoisotopic (exact) mass is 416 g/mol. The first-order chi connectivity index (χ1) is 13.0. The Morgan fingerprint density at radius 2 is 2.33 bits per heavy atom. The summed E-state index contributed by atoms with van der Waals surface area (Å²) in [7, 11) is 0. The zero-order chi connectivity index (χ0) is 19.4. The maximum Gasteiger partial charge on any atom is 0.335 e. The van der Waals surface area contributed by atoms with Crippen molar-refractivity contribution in [2.75, 3.05) is 19.8 Å². The summed E-state index contributed by atoms with van der Waals surface area (Å²) in [5.41, 5.74) is 1.30. The van der Waals surface area contributed by atoms with Crippen LogP contribution in [0.4, 0.5) is 4.39 Å². The van der Waals surface area contributed by atoms with Crippen molar-refractivity contribution in [1.82, 2.24) is 0 Å². The van der Waals surface area contributed by atoms with Gasteiger partial charge in [-0.1, -0.05) is 17.7 Å². The van der Waals surface area contributed by atoms with E-state index in [1.807, 2.05) is 0 Å². The van der Waals surface area contributed by atoms with Gasteiger partial charge in [-0.3, -0.25) is 0 Å². The highest BCUT2D eigenvalue weighted by Gasteiger charge is 2.45. The van der Waals surface area contributed by atoms with Crippen LogP contribution in [0.1, 0.15) is 25.3 Å². The zero-order valence-electron chi connectivity index (χ0n) is 15.0. The van der Waals surface area contributed by atoms with E-state index in [0.717, 1.165) is 5.56 Å². The van der Waals surface area contributed by atoms with Crippen LogP contribution in [0.2, 0.25) is 5.02 Å². The van der Waals surface area contributed by atoms with Crippen LogP contribution in [-0.4, -0.2) is 48.0 Å². The van der Waals surface area contributed by atoms with Gasteiger partial charge in [0, 0.05) is 22.4 Å². The molecule has 1 aliphatic carbocycles. The quantitative estimate of drug-likeness (QED) is 0.716. The molecule has 1 saturated heterocycles. The standard InChI is InChI=1S/C19H22ClFO5S/c1-2-24-18(23)15-8-19(25-10-14(9-22)26-19)6-5-17(15)27-11-12-3-4-13(21)7-16(12)20/h3-4,7-8,14,17,22H,2,5-6,9-11H2,1H3/t14-,17?,19?/m1/s1. The highest BCUT2D eigenvalue weighted by molar-refractivity contribution is 7.99. The lowest BCUT2D eigenvalue weighted by atomic mass is 9.94. The second-order valence-electron chi connectivity index (χ2n) is 6.44. The van der Waals surface area contributed by atoms with Gasteiger partial charge in [-0.05, 0) is 37.1 Å². The molecule has 0 saturated carbocycles. The first-order valence-corrected chi connectivity index (χ1v) is 10.3. The van der Waals surface area contributed by atoms with Gasteiger partial charge in [0.15, 0.2) is 5.79 Å². The largest absolute Gasteiger partial charge is 0.463 e. The van der Waals surface area contributed by atoms with E-state index in [4.69, 9.17) is 25.8 Å². The van der Waals surface area contributed by atoms with Crippen LogP contribution in [0, 0.1) is 5.82 Å². The van der Waals surface area contributed by atoms with E-state index in [2.05, 4.69) is 0 Å². The van der Waals surface area contributed by atoms with E-state index in [9.17, 15) is 14.3 Å². The molecule has 148 valence electrons. The molecule has 3 rings (SSSR count). The van der Waals surface area contributed by atoms with Crippen LogP contribution in [0.5, 0.6) is 0 Å². The van der Waals surface area contributed by atoms with Crippen molar-refractivity contribution in [3.05, 3.63) is 46.3 Å². The van der Waals surface area contributed by atoms with Crippen molar-refractivity contribution in [1.29, 1.82) is 0 Å². The van der Waals surface area contributed by atoms with Crippen LogP contribution in [-0.2, 0) is 24.8 Å². The Hall–Kier alpha value is -1.12. The number of hydrogen-bond acceptors (Lipinski definition) is 6. The molecule has 8 heteroatoms. The van der Waals surface area contributed by atoms with E-state index in [-0.39, 0.29) is 30.9 Å². The van der Waals surface area contributed by atoms with Gasteiger partial charge in [-0.25, -0.2) is 9.18 Å². The number of thioether (sulfide) groups is 1. The van der Waals surface area contributed by atoms with Crippen LogP contribution in [0.3, 0.4) is 0 Å². The van der Waals surface area contributed by atoms with Gasteiger partial charge < -0.3 is 19.3 Å². The smallest absolute Gasteiger partial charge is 0.335 e. The number of ether oxygens (including phenoxy) is 3. The van der Waals surface area contributed by atoms with Gasteiger partial charge >= 0.3 is 5.97 Å². The number of aliphatic hydroxyl groups is 1. The lowest BCUT2D eigenvalue weighted by Crippen LogP contribution is -2.37. The summed E-state index contributed by atoms with van der Waals surface area (Å²) >= 11 is 7.65. The molecule has 0 aromatic heterocycles. The minimum Gasteiger partial charge on any atom is -0.463 e. The number of aliphatic hydroxyl groups excluding tert-OH is 1. The van der Waals surface area contributed by atoms with E-state index in [0.29, 0.717) is 29.2 Å². The summed E-state index contributed by atoms with van der Waals surface area (Å²) < 4.78 is 30.0. The molecule has 2 aliphatic rings. The molecular formula is C19H22ClFO5S. The number of esters is 1. The van der Waals surface area contributed by atoms with E-state index >= 15 is 0 Å². The maximum absolute atomic E-state index is 13.2. The highest BCUT2D eigenvalue weighted by Crippen LogP contribution is 2.41. The molecule has 1 aliphatic heterocycles. The van der Waals surface area contributed by atoms with E-state index < -0.39 is 17.9 Å². The van der Waals surface area contributed by atoms with Gasteiger partial charge in [0.05, 0.1) is 25.4 Å². The summed E-state index contributed by atoms with van der Waals surface area (Å²) in [6.07, 6.45) is 2.51. The Morgan fingerprint density at radius 3 is 3.00 bits per heavy atom. The number of hydrogen-bond donors (Lipinski definition) is 1. The van der Waals surface area contributed by atoms with Gasteiger partial charge in [-0.2, -0.15) is 0 Å². The summed E-state index contributed by atoms with van der Waals surface area (Å²) in [6, 6.07) is 4.30. The number of halogens is 2. The summed E-state index contributed by atoms with van der Waals surface area (Å²) in [4.78, 5) is 12.5. The highest BCUT2D eigenvalue weighted by atomic mass is 35.5. The SMILES string of the molecule is CCOC(=O)C1=CC2(CCC1SCc1ccc(F)cc1Cl)OC[C@@H](CO)O2. The number of rotatable bonds is 6. The first-order valence-electron chi connectivity index (χ1n) is 8.84. The topological polar surface area (TPSA) is 65.0 Å². The molecule has 3 atom stereocenters. The Labute approximate surface area is 166 Å². The molecule has 5 nitrogen and oxygen atoms in total. The van der Waals surface area contributed by atoms with Crippen molar-refractivity contribution in [3.63, 3.8) is 0 Å². The van der Waals surface area contributed by atoms with Crippen molar-refractivity contribution in [2.24, 2.45) is 0 Å². The van der Waals surface area contributed by atoms with Gasteiger partial charge in [0.25, 0.3) is 0 Å². The van der Waals surface area contributed by atoms with Crippen molar-refractivity contribution < 1.29 is 28.5 Å². The molecule has 2 unspecified atom stereocenters. The number of benzene rings is 1. The molecule has 1 aromatic rings.